The van der Waals surface area contributed by atoms with Crippen LogP contribution in [0.2, 0.25) is 0 Å². The van der Waals surface area contributed by atoms with Crippen LogP contribution in [0.4, 0.5) is 0 Å². The summed E-state index contributed by atoms with van der Waals surface area (Å²) in [6, 6.07) is 3.51. The zero-order chi connectivity index (χ0) is 14.7. The number of hydrogen-bond acceptors (Lipinski definition) is 4. The van der Waals surface area contributed by atoms with Gasteiger partial charge in [-0.05, 0) is 36.5 Å². The van der Waals surface area contributed by atoms with E-state index in [-0.39, 0.29) is 17.9 Å². The third-order valence-corrected chi connectivity index (χ3v) is 4.26. The summed E-state index contributed by atoms with van der Waals surface area (Å²) in [6.45, 7) is 6.84. The predicted molar refractivity (Wildman–Crippen MR) is 82.4 cm³/mol. The van der Waals surface area contributed by atoms with Crippen LogP contribution < -0.4 is 5.32 Å². The molecule has 0 aliphatic heterocycles. The third kappa shape index (κ3) is 2.99. The zero-order valence-electron chi connectivity index (χ0n) is 11.7. The van der Waals surface area contributed by atoms with Crippen LogP contribution in [0.25, 0.3) is 0 Å². The first-order chi connectivity index (χ1) is 9.54. The lowest BCUT2D eigenvalue weighted by Gasteiger charge is -2.21. The zero-order valence-corrected chi connectivity index (χ0v) is 13.3. The Kier molecular flexibility index (Phi) is 4.72. The summed E-state index contributed by atoms with van der Waals surface area (Å²) in [6.07, 6.45) is 0. The summed E-state index contributed by atoms with van der Waals surface area (Å²) in [5, 5.41) is 12.0. The Balaban J connectivity index is 2.28. The maximum Gasteiger partial charge on any atom is 0.261 e. The van der Waals surface area contributed by atoms with Gasteiger partial charge in [0.2, 0.25) is 0 Å². The molecule has 0 saturated carbocycles. The fraction of sp³-hybridized carbons (Fsp3) is 0.462. The van der Waals surface area contributed by atoms with Gasteiger partial charge in [-0.15, -0.1) is 11.3 Å². The van der Waals surface area contributed by atoms with Crippen LogP contribution >= 0.6 is 23.6 Å². The number of amides is 1. The molecule has 0 saturated heterocycles. The van der Waals surface area contributed by atoms with E-state index in [1.807, 2.05) is 29.0 Å². The van der Waals surface area contributed by atoms with E-state index >= 15 is 0 Å². The van der Waals surface area contributed by atoms with Gasteiger partial charge in [0, 0.05) is 6.54 Å². The summed E-state index contributed by atoms with van der Waals surface area (Å²) in [4.78, 5) is 12.9. The minimum absolute atomic E-state index is 0.0738. The highest BCUT2D eigenvalue weighted by Gasteiger charge is 2.24. The van der Waals surface area contributed by atoms with Crippen molar-refractivity contribution in [3.63, 3.8) is 0 Å². The van der Waals surface area contributed by atoms with E-state index in [0.29, 0.717) is 9.65 Å². The highest BCUT2D eigenvalue weighted by molar-refractivity contribution is 7.71. The van der Waals surface area contributed by atoms with Crippen LogP contribution in [0, 0.1) is 10.7 Å². The van der Waals surface area contributed by atoms with Crippen LogP contribution in [0.1, 0.15) is 42.3 Å². The Hall–Kier alpha value is -1.47. The number of thiophene rings is 1. The molecule has 0 radical (unpaired) electrons. The molecular weight excluding hydrogens is 292 g/mol. The lowest BCUT2D eigenvalue weighted by Crippen LogP contribution is -2.33. The summed E-state index contributed by atoms with van der Waals surface area (Å²) in [7, 11) is 0. The fourth-order valence-electron chi connectivity index (χ4n) is 2.02. The minimum Gasteiger partial charge on any atom is -0.341 e. The number of H-pyrrole nitrogens is 1. The first-order valence-corrected chi connectivity index (χ1v) is 7.82. The molecule has 2 N–H and O–H groups in total. The standard InChI is InChI=1S/C13H18N4OS2/c1-4-17-11(15-16-13(17)19)10(8(2)3)14-12(18)9-6-5-7-20-9/h5-8,10H,4H2,1-3H3,(H,14,18)(H,16,19). The van der Waals surface area contributed by atoms with E-state index in [1.165, 1.54) is 11.3 Å². The summed E-state index contributed by atoms with van der Waals surface area (Å²) < 4.78 is 2.49. The Labute approximate surface area is 127 Å². The molecule has 5 nitrogen and oxygen atoms in total. The topological polar surface area (TPSA) is 62.7 Å². The maximum absolute atomic E-state index is 12.2. The number of rotatable bonds is 5. The SMILES string of the molecule is CCn1c(C(NC(=O)c2cccs2)C(C)C)n[nH]c1=S. The normalized spacial score (nSPS) is 12.6. The lowest BCUT2D eigenvalue weighted by atomic mass is 10.0. The molecule has 1 atom stereocenters. The molecule has 20 heavy (non-hydrogen) atoms. The van der Waals surface area contributed by atoms with Crippen molar-refractivity contribution in [3.05, 3.63) is 33.0 Å². The number of carbonyl (C=O) groups excluding carboxylic acids is 1. The second kappa shape index (κ2) is 6.32. The number of aromatic amines is 1. The molecule has 0 aromatic carbocycles. The van der Waals surface area contributed by atoms with Gasteiger partial charge in [-0.3, -0.25) is 9.89 Å². The smallest absolute Gasteiger partial charge is 0.261 e. The summed E-state index contributed by atoms with van der Waals surface area (Å²) in [5.41, 5.74) is 0. The van der Waals surface area contributed by atoms with Crippen molar-refractivity contribution in [1.29, 1.82) is 0 Å². The van der Waals surface area contributed by atoms with Crippen LogP contribution in [0.5, 0.6) is 0 Å². The maximum atomic E-state index is 12.2. The molecule has 0 spiro atoms. The summed E-state index contributed by atoms with van der Waals surface area (Å²) >= 11 is 6.63. The molecular formula is C13H18N4OS2. The predicted octanol–water partition coefficient (Wildman–Crippen LogP) is 3.15. The van der Waals surface area contributed by atoms with Crippen molar-refractivity contribution in [2.24, 2.45) is 5.92 Å². The average molecular weight is 310 g/mol. The van der Waals surface area contributed by atoms with Crippen LogP contribution in [0.3, 0.4) is 0 Å². The van der Waals surface area contributed by atoms with Gasteiger partial charge < -0.3 is 9.88 Å². The molecule has 108 valence electrons. The van der Waals surface area contributed by atoms with Gasteiger partial charge in [0.25, 0.3) is 5.91 Å². The molecule has 2 aromatic heterocycles. The quantitative estimate of drug-likeness (QED) is 0.834. The molecule has 1 amide bonds. The molecule has 1 unspecified atom stereocenters. The second-order valence-electron chi connectivity index (χ2n) is 4.80. The number of aromatic nitrogens is 3. The molecule has 2 rings (SSSR count). The molecule has 2 heterocycles. The van der Waals surface area contributed by atoms with Gasteiger partial charge in [0.15, 0.2) is 10.6 Å². The largest absolute Gasteiger partial charge is 0.341 e. The van der Waals surface area contributed by atoms with E-state index in [1.54, 1.807) is 0 Å². The second-order valence-corrected chi connectivity index (χ2v) is 6.14. The number of nitrogens with one attached hydrogen (secondary N) is 2. The third-order valence-electron chi connectivity index (χ3n) is 3.08. The van der Waals surface area contributed by atoms with Crippen LogP contribution in [0.15, 0.2) is 17.5 Å². The van der Waals surface area contributed by atoms with Gasteiger partial charge in [0.05, 0.1) is 10.9 Å². The van der Waals surface area contributed by atoms with Crippen LogP contribution in [-0.2, 0) is 6.54 Å². The molecule has 0 bridgehead atoms. The van der Waals surface area contributed by atoms with E-state index in [9.17, 15) is 4.79 Å². The van der Waals surface area contributed by atoms with Crippen molar-refractivity contribution < 1.29 is 4.79 Å². The first-order valence-electron chi connectivity index (χ1n) is 6.54. The van der Waals surface area contributed by atoms with E-state index in [0.717, 1.165) is 12.4 Å². The highest BCUT2D eigenvalue weighted by atomic mass is 32.1. The Bertz CT molecular complexity index is 627. The van der Waals surface area contributed by atoms with E-state index < -0.39 is 0 Å². The average Bonchev–Trinajstić information content (AvgIpc) is 3.04. The Morgan fingerprint density at radius 3 is 2.90 bits per heavy atom. The lowest BCUT2D eigenvalue weighted by molar-refractivity contribution is 0.0926. The molecule has 2 aromatic rings. The van der Waals surface area contributed by atoms with Crippen molar-refractivity contribution in [1.82, 2.24) is 20.1 Å². The van der Waals surface area contributed by atoms with Crippen molar-refractivity contribution in [2.45, 2.75) is 33.4 Å². The molecule has 0 aliphatic carbocycles. The molecule has 0 fully saturated rings. The molecule has 7 heteroatoms. The van der Waals surface area contributed by atoms with Crippen molar-refractivity contribution in [2.75, 3.05) is 0 Å². The molecule has 0 aliphatic rings. The van der Waals surface area contributed by atoms with E-state index in [4.69, 9.17) is 12.2 Å². The highest BCUT2D eigenvalue weighted by Crippen LogP contribution is 2.21. The summed E-state index contributed by atoms with van der Waals surface area (Å²) in [5.74, 6) is 0.919. The van der Waals surface area contributed by atoms with Gasteiger partial charge in [-0.1, -0.05) is 19.9 Å². The van der Waals surface area contributed by atoms with Gasteiger partial charge in [-0.25, -0.2) is 0 Å². The van der Waals surface area contributed by atoms with E-state index in [2.05, 4.69) is 29.4 Å². The van der Waals surface area contributed by atoms with Gasteiger partial charge in [-0.2, -0.15) is 5.10 Å². The monoisotopic (exact) mass is 310 g/mol. The van der Waals surface area contributed by atoms with Gasteiger partial charge >= 0.3 is 0 Å². The Morgan fingerprint density at radius 1 is 1.60 bits per heavy atom. The van der Waals surface area contributed by atoms with Crippen molar-refractivity contribution >= 4 is 29.5 Å². The number of carbonyl (C=O) groups is 1. The number of hydrogen-bond donors (Lipinski definition) is 2. The Morgan fingerprint density at radius 2 is 2.35 bits per heavy atom. The fourth-order valence-corrected chi connectivity index (χ4v) is 2.92. The number of nitrogens with zero attached hydrogens (tertiary/aromatic N) is 2. The van der Waals surface area contributed by atoms with Crippen molar-refractivity contribution in [3.8, 4) is 0 Å². The van der Waals surface area contributed by atoms with Gasteiger partial charge in [0.1, 0.15) is 0 Å². The minimum atomic E-state index is -0.169. The van der Waals surface area contributed by atoms with Crippen LogP contribution in [-0.4, -0.2) is 20.7 Å². The first kappa shape index (κ1) is 14.9.